The minimum atomic E-state index is 0.665. The van der Waals surface area contributed by atoms with E-state index in [1.54, 1.807) is 0 Å². The molecule has 4 heteroatoms. The Kier molecular flexibility index (Phi) is 6.21. The zero-order chi connectivity index (χ0) is 18.4. The van der Waals surface area contributed by atoms with Crippen molar-refractivity contribution in [1.29, 1.82) is 0 Å². The number of rotatable bonds is 8. The zero-order valence-electron chi connectivity index (χ0n) is 15.8. The van der Waals surface area contributed by atoms with E-state index in [9.17, 15) is 0 Å². The first-order valence-corrected chi connectivity index (χ1v) is 9.16. The average Bonchev–Trinajstić information content (AvgIpc) is 2.96. The molecule has 0 unspecified atom stereocenters. The Morgan fingerprint density at radius 2 is 1.62 bits per heavy atom. The van der Waals surface area contributed by atoms with E-state index in [0.717, 1.165) is 31.1 Å². The molecule has 1 aromatic heterocycles. The van der Waals surface area contributed by atoms with E-state index in [1.165, 1.54) is 22.4 Å². The number of ether oxygens (including phenoxy) is 1. The van der Waals surface area contributed by atoms with Crippen LogP contribution in [0.2, 0.25) is 0 Å². The van der Waals surface area contributed by atoms with E-state index in [4.69, 9.17) is 9.84 Å². The highest BCUT2D eigenvalue weighted by molar-refractivity contribution is 5.37. The van der Waals surface area contributed by atoms with Crippen LogP contribution in [0.1, 0.15) is 35.0 Å². The molecular formula is C22H27N3O. The first-order valence-electron chi connectivity index (χ1n) is 9.16. The predicted octanol–water partition coefficient (Wildman–Crippen LogP) is 4.32. The highest BCUT2D eigenvalue weighted by Gasteiger charge is 2.12. The summed E-state index contributed by atoms with van der Waals surface area (Å²) < 4.78 is 7.60. The quantitative estimate of drug-likeness (QED) is 0.658. The number of nitrogens with zero attached hydrogens (tertiary/aromatic N) is 2. The summed E-state index contributed by atoms with van der Waals surface area (Å²) in [5.41, 5.74) is 7.14. The van der Waals surface area contributed by atoms with Crippen LogP contribution in [0.4, 0.5) is 0 Å². The minimum Gasteiger partial charge on any atom is -0.377 e. The number of nitrogens with one attached hydrogen (secondary N) is 1. The van der Waals surface area contributed by atoms with E-state index < -0.39 is 0 Å². The summed E-state index contributed by atoms with van der Waals surface area (Å²) in [6, 6.07) is 18.7. The van der Waals surface area contributed by atoms with Crippen LogP contribution in [-0.4, -0.2) is 16.4 Å². The van der Waals surface area contributed by atoms with Crippen LogP contribution in [0.15, 0.2) is 54.6 Å². The van der Waals surface area contributed by atoms with Gasteiger partial charge in [-0.15, -0.1) is 0 Å². The van der Waals surface area contributed by atoms with Gasteiger partial charge in [-0.25, -0.2) is 4.68 Å². The van der Waals surface area contributed by atoms with Crippen LogP contribution in [0.25, 0.3) is 5.69 Å². The molecular weight excluding hydrogens is 322 g/mol. The van der Waals surface area contributed by atoms with Gasteiger partial charge in [0.25, 0.3) is 0 Å². The molecule has 26 heavy (non-hydrogen) atoms. The van der Waals surface area contributed by atoms with Crippen molar-refractivity contribution >= 4 is 0 Å². The number of hydrogen-bond acceptors (Lipinski definition) is 3. The molecule has 0 amide bonds. The number of benzene rings is 2. The number of aryl methyl sites for hydroxylation is 1. The summed E-state index contributed by atoms with van der Waals surface area (Å²) >= 11 is 0. The topological polar surface area (TPSA) is 39.1 Å². The molecule has 4 nitrogen and oxygen atoms in total. The van der Waals surface area contributed by atoms with E-state index in [0.29, 0.717) is 6.61 Å². The second kappa shape index (κ2) is 8.79. The van der Waals surface area contributed by atoms with E-state index in [1.807, 2.05) is 29.8 Å². The molecule has 3 rings (SSSR count). The van der Waals surface area contributed by atoms with Gasteiger partial charge in [0.2, 0.25) is 0 Å². The van der Waals surface area contributed by atoms with Crippen LogP contribution >= 0.6 is 0 Å². The Balaban J connectivity index is 1.69. The zero-order valence-corrected chi connectivity index (χ0v) is 15.8. The summed E-state index contributed by atoms with van der Waals surface area (Å²) in [5.74, 6) is 0. The molecule has 0 aliphatic carbocycles. The maximum Gasteiger partial charge on any atom is 0.0719 e. The van der Waals surface area contributed by atoms with E-state index >= 15 is 0 Å². The Labute approximate surface area is 155 Å². The average molecular weight is 349 g/mol. The van der Waals surface area contributed by atoms with Crippen molar-refractivity contribution < 1.29 is 4.74 Å². The summed E-state index contributed by atoms with van der Waals surface area (Å²) in [7, 11) is 0. The maximum absolute atomic E-state index is 5.57. The van der Waals surface area contributed by atoms with Gasteiger partial charge in [-0.05, 0) is 44.0 Å². The fourth-order valence-electron chi connectivity index (χ4n) is 3.16. The standard InChI is InChI=1S/C22H27N3O/c1-4-26-16-20-11-9-8-10-19(20)14-23-15-22-17(2)24-25(18(22)3)21-12-6-5-7-13-21/h5-13,23H,4,14-16H2,1-3H3. The second-order valence-electron chi connectivity index (χ2n) is 6.41. The van der Waals surface area contributed by atoms with Gasteiger partial charge in [-0.2, -0.15) is 5.10 Å². The lowest BCUT2D eigenvalue weighted by Gasteiger charge is -2.11. The molecule has 0 fully saturated rings. The van der Waals surface area contributed by atoms with Crippen LogP contribution in [-0.2, 0) is 24.4 Å². The highest BCUT2D eigenvalue weighted by Crippen LogP contribution is 2.18. The van der Waals surface area contributed by atoms with Gasteiger partial charge in [0.05, 0.1) is 18.0 Å². The fourth-order valence-corrected chi connectivity index (χ4v) is 3.16. The maximum atomic E-state index is 5.57. The van der Waals surface area contributed by atoms with Gasteiger partial charge in [0.1, 0.15) is 0 Å². The van der Waals surface area contributed by atoms with Crippen molar-refractivity contribution in [1.82, 2.24) is 15.1 Å². The number of aromatic nitrogens is 2. The summed E-state index contributed by atoms with van der Waals surface area (Å²) in [4.78, 5) is 0. The first kappa shape index (κ1) is 18.4. The van der Waals surface area contributed by atoms with Gasteiger partial charge in [0, 0.05) is 31.0 Å². The van der Waals surface area contributed by atoms with Crippen molar-refractivity contribution in [3.8, 4) is 5.69 Å². The van der Waals surface area contributed by atoms with Crippen LogP contribution in [0, 0.1) is 13.8 Å². The number of hydrogen-bond donors (Lipinski definition) is 1. The van der Waals surface area contributed by atoms with Gasteiger partial charge in [0.15, 0.2) is 0 Å². The Morgan fingerprint density at radius 3 is 2.35 bits per heavy atom. The number of para-hydroxylation sites is 1. The Morgan fingerprint density at radius 1 is 0.923 bits per heavy atom. The van der Waals surface area contributed by atoms with Crippen LogP contribution < -0.4 is 5.32 Å². The fraction of sp³-hybridized carbons (Fsp3) is 0.318. The molecule has 0 bridgehead atoms. The normalized spacial score (nSPS) is 11.0. The van der Waals surface area contributed by atoms with Crippen molar-refractivity contribution in [2.45, 2.75) is 40.5 Å². The lowest BCUT2D eigenvalue weighted by molar-refractivity contribution is 0.133. The molecule has 1 N–H and O–H groups in total. The lowest BCUT2D eigenvalue weighted by atomic mass is 10.1. The Hall–Kier alpha value is -2.43. The SMILES string of the molecule is CCOCc1ccccc1CNCc1c(C)nn(-c2ccccc2)c1C. The van der Waals surface area contributed by atoms with Gasteiger partial charge in [-0.3, -0.25) is 0 Å². The first-order chi connectivity index (χ1) is 12.7. The molecule has 3 aromatic rings. The lowest BCUT2D eigenvalue weighted by Crippen LogP contribution is -2.15. The third-order valence-electron chi connectivity index (χ3n) is 4.64. The highest BCUT2D eigenvalue weighted by atomic mass is 16.5. The molecule has 0 saturated heterocycles. The molecule has 0 atom stereocenters. The van der Waals surface area contributed by atoms with Crippen molar-refractivity contribution in [2.24, 2.45) is 0 Å². The minimum absolute atomic E-state index is 0.665. The third kappa shape index (κ3) is 4.21. The largest absolute Gasteiger partial charge is 0.377 e. The second-order valence-corrected chi connectivity index (χ2v) is 6.41. The molecule has 136 valence electrons. The van der Waals surface area contributed by atoms with Gasteiger partial charge < -0.3 is 10.1 Å². The molecule has 1 heterocycles. The smallest absolute Gasteiger partial charge is 0.0719 e. The van der Waals surface area contributed by atoms with Crippen molar-refractivity contribution in [3.63, 3.8) is 0 Å². The third-order valence-corrected chi connectivity index (χ3v) is 4.64. The monoisotopic (exact) mass is 349 g/mol. The molecule has 0 aliphatic rings. The molecule has 0 spiro atoms. The molecule has 0 aliphatic heterocycles. The summed E-state index contributed by atoms with van der Waals surface area (Å²) in [5, 5.41) is 8.29. The predicted molar refractivity (Wildman–Crippen MR) is 105 cm³/mol. The molecule has 2 aromatic carbocycles. The van der Waals surface area contributed by atoms with Crippen molar-refractivity contribution in [3.05, 3.63) is 82.7 Å². The summed E-state index contributed by atoms with van der Waals surface area (Å²) in [6.45, 7) is 9.25. The van der Waals surface area contributed by atoms with Gasteiger partial charge in [-0.1, -0.05) is 42.5 Å². The van der Waals surface area contributed by atoms with Crippen LogP contribution in [0.3, 0.4) is 0 Å². The summed E-state index contributed by atoms with van der Waals surface area (Å²) in [6.07, 6.45) is 0. The Bertz CT molecular complexity index is 840. The van der Waals surface area contributed by atoms with E-state index in [-0.39, 0.29) is 0 Å². The molecule has 0 saturated carbocycles. The van der Waals surface area contributed by atoms with E-state index in [2.05, 4.69) is 55.6 Å². The molecule has 0 radical (unpaired) electrons. The van der Waals surface area contributed by atoms with Gasteiger partial charge >= 0.3 is 0 Å². The van der Waals surface area contributed by atoms with Crippen LogP contribution in [0.5, 0.6) is 0 Å². The van der Waals surface area contributed by atoms with Crippen molar-refractivity contribution in [2.75, 3.05) is 6.61 Å².